The van der Waals surface area contributed by atoms with Gasteiger partial charge in [0.25, 0.3) is 0 Å². The quantitative estimate of drug-likeness (QED) is 0.161. The van der Waals surface area contributed by atoms with Gasteiger partial charge in [-0.25, -0.2) is 15.0 Å². The van der Waals surface area contributed by atoms with E-state index in [1.165, 1.54) is 38.5 Å². The molecule has 0 N–H and O–H groups in total. The highest BCUT2D eigenvalue weighted by atomic mass is 16.3. The third kappa shape index (κ3) is 6.23. The van der Waals surface area contributed by atoms with Crippen LogP contribution in [0.5, 0.6) is 0 Å². The molecule has 12 aromatic rings. The van der Waals surface area contributed by atoms with Crippen molar-refractivity contribution in [2.45, 2.75) is 0 Å². The van der Waals surface area contributed by atoms with Gasteiger partial charge in [-0.15, -0.1) is 0 Å². The van der Waals surface area contributed by atoms with Crippen LogP contribution in [0.2, 0.25) is 0 Å². The number of hydrogen-bond donors (Lipinski definition) is 0. The van der Waals surface area contributed by atoms with Crippen LogP contribution >= 0.6 is 0 Å². The standard InChI is InChI=1S/C57H36N4O/c1-4-12-37(13-5-1)38-24-26-42(27-25-38)56-58-55(41-14-6-2-7-15-41)59-57(60-56)45-28-31-48-50-35-44(30-33-53(50)62-54(48)36-45)40-22-20-39(21-23-40)43-29-32-52-49(34-43)47-18-10-11-19-51(47)61(52)46-16-8-3-9-17-46/h1-36H. The van der Waals surface area contributed by atoms with Gasteiger partial charge >= 0.3 is 0 Å². The molecule has 0 aliphatic rings. The molecule has 0 atom stereocenters. The summed E-state index contributed by atoms with van der Waals surface area (Å²) in [6, 6.07) is 76.4. The van der Waals surface area contributed by atoms with Crippen LogP contribution in [0.3, 0.4) is 0 Å². The summed E-state index contributed by atoms with van der Waals surface area (Å²) in [6.07, 6.45) is 0. The van der Waals surface area contributed by atoms with Crippen molar-refractivity contribution in [1.29, 1.82) is 0 Å². The van der Waals surface area contributed by atoms with E-state index in [9.17, 15) is 0 Å². The van der Waals surface area contributed by atoms with Crippen molar-refractivity contribution in [3.63, 3.8) is 0 Å². The smallest absolute Gasteiger partial charge is 0.164 e. The van der Waals surface area contributed by atoms with E-state index in [-0.39, 0.29) is 0 Å². The number of rotatable bonds is 7. The molecule has 0 saturated heterocycles. The summed E-state index contributed by atoms with van der Waals surface area (Å²) in [4.78, 5) is 15.0. The van der Waals surface area contributed by atoms with Crippen LogP contribution in [-0.4, -0.2) is 19.5 Å². The first-order valence-corrected chi connectivity index (χ1v) is 20.8. The zero-order chi connectivity index (χ0) is 41.0. The lowest BCUT2D eigenvalue weighted by molar-refractivity contribution is 0.669. The van der Waals surface area contributed by atoms with Crippen molar-refractivity contribution in [3.8, 4) is 73.2 Å². The Labute approximate surface area is 357 Å². The van der Waals surface area contributed by atoms with Gasteiger partial charge in [0, 0.05) is 43.9 Å². The highest BCUT2D eigenvalue weighted by molar-refractivity contribution is 6.11. The van der Waals surface area contributed by atoms with Crippen molar-refractivity contribution >= 4 is 43.7 Å². The topological polar surface area (TPSA) is 56.7 Å². The Bertz CT molecular complexity index is 3590. The summed E-state index contributed by atoms with van der Waals surface area (Å²) in [5.41, 5.74) is 14.8. The molecule has 62 heavy (non-hydrogen) atoms. The maximum absolute atomic E-state index is 6.49. The summed E-state index contributed by atoms with van der Waals surface area (Å²) in [5.74, 6) is 1.82. The van der Waals surface area contributed by atoms with Gasteiger partial charge in [0.05, 0.1) is 11.0 Å². The summed E-state index contributed by atoms with van der Waals surface area (Å²) in [6.45, 7) is 0. The minimum absolute atomic E-state index is 0.588. The van der Waals surface area contributed by atoms with Gasteiger partial charge in [0.15, 0.2) is 17.5 Å². The van der Waals surface area contributed by atoms with Gasteiger partial charge in [0.2, 0.25) is 0 Å². The molecule has 0 radical (unpaired) electrons. The highest BCUT2D eigenvalue weighted by Gasteiger charge is 2.17. The molecule has 5 heteroatoms. The Morgan fingerprint density at radius 2 is 0.726 bits per heavy atom. The Hall–Kier alpha value is -8.41. The first-order valence-electron chi connectivity index (χ1n) is 20.8. The third-order valence-electron chi connectivity index (χ3n) is 11.9. The van der Waals surface area contributed by atoms with Crippen LogP contribution in [0, 0.1) is 0 Å². The average Bonchev–Trinajstić information content (AvgIpc) is 3.89. The molecule has 0 fully saturated rings. The van der Waals surface area contributed by atoms with Crippen LogP contribution in [0.1, 0.15) is 0 Å². The Kier molecular flexibility index (Phi) is 8.42. The normalized spacial score (nSPS) is 11.5. The number of benzene rings is 9. The van der Waals surface area contributed by atoms with E-state index < -0.39 is 0 Å². The number of aromatic nitrogens is 4. The Balaban J connectivity index is 0.870. The van der Waals surface area contributed by atoms with Crippen molar-refractivity contribution < 1.29 is 4.42 Å². The lowest BCUT2D eigenvalue weighted by Gasteiger charge is -2.09. The fourth-order valence-electron chi connectivity index (χ4n) is 8.75. The molecule has 9 aromatic carbocycles. The highest BCUT2D eigenvalue weighted by Crippen LogP contribution is 2.38. The lowest BCUT2D eigenvalue weighted by atomic mass is 9.98. The molecule has 0 spiro atoms. The van der Waals surface area contributed by atoms with Crippen molar-refractivity contribution in [1.82, 2.24) is 19.5 Å². The van der Waals surface area contributed by atoms with E-state index in [2.05, 4.69) is 180 Å². The second-order valence-corrected chi connectivity index (χ2v) is 15.6. The van der Waals surface area contributed by atoms with E-state index in [1.807, 2.05) is 42.5 Å². The first-order chi connectivity index (χ1) is 30.7. The maximum atomic E-state index is 6.49. The molecule has 0 unspecified atom stereocenters. The van der Waals surface area contributed by atoms with Gasteiger partial charge in [0.1, 0.15) is 11.2 Å². The molecule has 0 aliphatic heterocycles. The minimum atomic E-state index is 0.588. The Morgan fingerprint density at radius 3 is 1.40 bits per heavy atom. The predicted molar refractivity (Wildman–Crippen MR) is 254 cm³/mol. The molecular formula is C57H36N4O. The average molecular weight is 793 g/mol. The van der Waals surface area contributed by atoms with Crippen molar-refractivity contribution in [2.75, 3.05) is 0 Å². The van der Waals surface area contributed by atoms with Crippen LogP contribution in [-0.2, 0) is 0 Å². The lowest BCUT2D eigenvalue weighted by Crippen LogP contribution is -2.00. The maximum Gasteiger partial charge on any atom is 0.164 e. The van der Waals surface area contributed by atoms with E-state index in [0.29, 0.717) is 17.5 Å². The minimum Gasteiger partial charge on any atom is -0.456 e. The summed E-state index contributed by atoms with van der Waals surface area (Å²) in [5, 5.41) is 4.60. The zero-order valence-corrected chi connectivity index (χ0v) is 33.5. The van der Waals surface area contributed by atoms with E-state index in [1.54, 1.807) is 0 Å². The fraction of sp³-hybridized carbons (Fsp3) is 0. The third-order valence-corrected chi connectivity index (χ3v) is 11.9. The number of para-hydroxylation sites is 2. The van der Waals surface area contributed by atoms with Gasteiger partial charge in [-0.05, 0) is 88.0 Å². The van der Waals surface area contributed by atoms with Crippen molar-refractivity contribution in [3.05, 3.63) is 218 Å². The second kappa shape index (κ2) is 14.7. The largest absolute Gasteiger partial charge is 0.456 e. The number of nitrogens with zero attached hydrogens (tertiary/aromatic N) is 4. The molecule has 3 aromatic heterocycles. The molecule has 0 saturated carbocycles. The van der Waals surface area contributed by atoms with E-state index >= 15 is 0 Å². The summed E-state index contributed by atoms with van der Waals surface area (Å²) >= 11 is 0. The predicted octanol–water partition coefficient (Wildman–Crippen LogP) is 14.9. The molecule has 0 bridgehead atoms. The van der Waals surface area contributed by atoms with Crippen LogP contribution in [0.25, 0.3) is 117 Å². The number of hydrogen-bond acceptors (Lipinski definition) is 4. The molecule has 290 valence electrons. The molecule has 12 rings (SSSR count). The molecular weight excluding hydrogens is 757 g/mol. The van der Waals surface area contributed by atoms with Crippen molar-refractivity contribution in [2.24, 2.45) is 0 Å². The van der Waals surface area contributed by atoms with Gasteiger partial charge in [-0.1, -0.05) is 164 Å². The number of furan rings is 1. The monoisotopic (exact) mass is 792 g/mol. The van der Waals surface area contributed by atoms with Crippen LogP contribution < -0.4 is 0 Å². The van der Waals surface area contributed by atoms with Gasteiger partial charge < -0.3 is 8.98 Å². The molecule has 5 nitrogen and oxygen atoms in total. The summed E-state index contributed by atoms with van der Waals surface area (Å²) < 4.78 is 8.84. The van der Waals surface area contributed by atoms with Gasteiger partial charge in [-0.3, -0.25) is 0 Å². The van der Waals surface area contributed by atoms with Crippen LogP contribution in [0.15, 0.2) is 223 Å². The molecule has 3 heterocycles. The van der Waals surface area contributed by atoms with E-state index in [4.69, 9.17) is 19.4 Å². The fourth-order valence-corrected chi connectivity index (χ4v) is 8.75. The van der Waals surface area contributed by atoms with E-state index in [0.717, 1.165) is 61.0 Å². The van der Waals surface area contributed by atoms with Crippen LogP contribution in [0.4, 0.5) is 0 Å². The van der Waals surface area contributed by atoms with Gasteiger partial charge in [-0.2, -0.15) is 0 Å². The SMILES string of the molecule is c1ccc(-c2ccc(-c3nc(-c4ccccc4)nc(-c4ccc5c(c4)oc4ccc(-c6ccc(-c7ccc8c(c7)c7ccccc7n8-c7ccccc7)cc6)cc45)n3)cc2)cc1. The molecule has 0 amide bonds. The summed E-state index contributed by atoms with van der Waals surface area (Å²) in [7, 11) is 0. The number of fused-ring (bicyclic) bond motifs is 6. The Morgan fingerprint density at radius 1 is 0.274 bits per heavy atom. The zero-order valence-electron chi connectivity index (χ0n) is 33.5. The second-order valence-electron chi connectivity index (χ2n) is 15.6. The first kappa shape index (κ1) is 35.5. The molecule has 0 aliphatic carbocycles.